The van der Waals surface area contributed by atoms with Crippen LogP contribution in [0.4, 0.5) is 5.82 Å². The van der Waals surface area contributed by atoms with Crippen LogP contribution < -0.4 is 16.6 Å². The van der Waals surface area contributed by atoms with E-state index in [4.69, 9.17) is 63.4 Å². The van der Waals surface area contributed by atoms with Crippen molar-refractivity contribution in [2.24, 2.45) is 5.84 Å². The van der Waals surface area contributed by atoms with Gasteiger partial charge in [0.05, 0.1) is 52.4 Å². The van der Waals surface area contributed by atoms with Crippen molar-refractivity contribution in [2.75, 3.05) is 51.6 Å². The van der Waals surface area contributed by atoms with Crippen molar-refractivity contribution in [1.82, 2.24) is 89.4 Å². The molecule has 7 heterocycles. The summed E-state index contributed by atoms with van der Waals surface area (Å²) >= 11 is 13.4. The van der Waals surface area contributed by atoms with Crippen molar-refractivity contribution in [3.63, 3.8) is 0 Å². The average molecular weight is 1640 g/mol. The molecule has 7 aromatic heterocycles. The fourth-order valence-corrected chi connectivity index (χ4v) is 12.7. The number of esters is 1. The van der Waals surface area contributed by atoms with Crippen LogP contribution in [0.3, 0.4) is 0 Å². The molecular weight excluding hydrogens is 1550 g/mol. The molecule has 0 saturated heterocycles. The van der Waals surface area contributed by atoms with Crippen LogP contribution in [0, 0.1) is 44.2 Å². The number of benzene rings is 6. The number of nitrogens with zero attached hydrogens (tertiary/aromatic N) is 13. The number of H-pyrrole nitrogens is 4. The van der Waals surface area contributed by atoms with E-state index in [-0.39, 0.29) is 11.6 Å². The molecule has 0 spiro atoms. The molecule has 0 fully saturated rings. The van der Waals surface area contributed by atoms with E-state index in [0.717, 1.165) is 96.2 Å². The number of ether oxygens (including phenoxy) is 7. The van der Waals surface area contributed by atoms with Gasteiger partial charge in [-0.2, -0.15) is 10.2 Å². The number of para-hydroxylation sites is 4. The Morgan fingerprint density at radius 1 is 0.487 bits per heavy atom. The van der Waals surface area contributed by atoms with Gasteiger partial charge in [-0.3, -0.25) is 48.3 Å². The number of aryl methyl sites for hydroxylation is 5. The number of imidazole rings is 2. The summed E-state index contributed by atoms with van der Waals surface area (Å²) in [7, 11) is 0. The monoisotopic (exact) mass is 1640 g/mol. The molecule has 13 rings (SSSR count). The Morgan fingerprint density at radius 2 is 0.913 bits per heavy atom. The van der Waals surface area contributed by atoms with Crippen LogP contribution in [0.1, 0.15) is 127 Å². The standard InChI is InChI=1S/C24H23N7S.C18H15N5OS.C14H19N3O2S.C10H9N3OS.C8H16O4.C6H14N2O3/c1-16-7-10-18(11-8-16)31-23(14-26-21-12-9-17(2)13-25-21)29-30-24(31)32-15-22-27-19-5-3-4-6-20(19)28-22;1-12-6-8-13(9-7-12)23-17(10-24)21-22-18(23)25-11-16-19-14-4-2-3-5-15(14)20-16;1-4-18-13(19-5-2)12-15-16-14(20)17(12)11-8-6-10(3)7-9-11;1-7-2-4-8(5-3-7)13-9(6-14)11-12-10(13)15;1-4-10-7(9)8(11-5-2)12-6-3;1-3-10-6(11-4-2)5(9)8-7/h3-13H,14-15H2,1-2H3,(H,25,26)(H,27,28);2-10H,11H2,1H3,(H,19,20);6-9,13H,4-5H2,1-3H3,(H,16,20);2-6H,1H3,(H,12,15);8H,4-6H2,1-3H3;6H,3-4,7H2,1-2H3,(H,8,9). The highest BCUT2D eigenvalue weighted by atomic mass is 32.2. The second-order valence-electron chi connectivity index (χ2n) is 24.5. The van der Waals surface area contributed by atoms with Gasteiger partial charge in [-0.1, -0.05) is 125 Å². The van der Waals surface area contributed by atoms with Crippen molar-refractivity contribution in [3.05, 3.63) is 236 Å². The summed E-state index contributed by atoms with van der Waals surface area (Å²) in [5.74, 6) is 9.84. The number of fused-ring (bicyclic) bond motifs is 2. The number of aldehydes is 2. The molecule has 35 heteroatoms. The summed E-state index contributed by atoms with van der Waals surface area (Å²) in [6, 6.07) is 52.0. The molecule has 0 radical (unpaired) electrons. The van der Waals surface area contributed by atoms with Gasteiger partial charge in [0.25, 0.3) is 12.2 Å². The third-order valence-electron chi connectivity index (χ3n) is 16.0. The lowest BCUT2D eigenvalue weighted by Gasteiger charge is -2.17. The number of carbonyl (C=O) groups excluding carboxylic acids is 4. The highest BCUT2D eigenvalue weighted by Crippen LogP contribution is 2.29. The lowest BCUT2D eigenvalue weighted by molar-refractivity contribution is -0.192. The van der Waals surface area contributed by atoms with Gasteiger partial charge in [0.1, 0.15) is 17.5 Å². The number of amides is 1. The minimum absolute atomic E-state index is 0.281. The van der Waals surface area contributed by atoms with Gasteiger partial charge in [-0.05, 0) is 192 Å². The van der Waals surface area contributed by atoms with E-state index in [1.54, 1.807) is 55.5 Å². The third kappa shape index (κ3) is 26.5. The minimum Gasteiger partial charge on any atom is -0.462 e. The maximum atomic E-state index is 11.3. The van der Waals surface area contributed by atoms with Crippen molar-refractivity contribution < 1.29 is 52.3 Å². The Kier molecular flexibility index (Phi) is 36.5. The summed E-state index contributed by atoms with van der Waals surface area (Å²) in [5, 5.41) is 35.4. The second-order valence-corrected chi connectivity index (χ2v) is 27.1. The van der Waals surface area contributed by atoms with Crippen molar-refractivity contribution in [3.8, 4) is 22.7 Å². The number of pyridine rings is 1. The first-order valence-electron chi connectivity index (χ1n) is 36.9. The highest BCUT2D eigenvalue weighted by Gasteiger charge is 2.23. The van der Waals surface area contributed by atoms with E-state index >= 15 is 0 Å². The fourth-order valence-electron chi connectivity index (χ4n) is 10.5. The van der Waals surface area contributed by atoms with Crippen LogP contribution in [-0.2, 0) is 60.8 Å². The summed E-state index contributed by atoms with van der Waals surface area (Å²) in [6.45, 7) is 26.5. The molecule has 0 unspecified atom stereocenters. The number of aromatic nitrogens is 17. The largest absolute Gasteiger partial charge is 0.462 e. The normalized spacial score (nSPS) is 10.9. The number of hydrazine groups is 1. The van der Waals surface area contributed by atoms with E-state index in [2.05, 4.69) is 107 Å². The Morgan fingerprint density at radius 3 is 1.37 bits per heavy atom. The van der Waals surface area contributed by atoms with Crippen LogP contribution >= 0.6 is 48.0 Å². The van der Waals surface area contributed by atoms with Gasteiger partial charge >= 0.3 is 5.97 Å². The number of rotatable bonds is 31. The van der Waals surface area contributed by atoms with Gasteiger partial charge in [0.15, 0.2) is 49.9 Å². The first-order chi connectivity index (χ1) is 55.8. The zero-order valence-electron chi connectivity index (χ0n) is 66.1. The maximum absolute atomic E-state index is 11.3. The molecule has 0 aliphatic heterocycles. The molecule has 31 nitrogen and oxygen atoms in total. The Balaban J connectivity index is 0.000000180. The van der Waals surface area contributed by atoms with Gasteiger partial charge in [0, 0.05) is 62.9 Å². The second kappa shape index (κ2) is 46.9. The van der Waals surface area contributed by atoms with Gasteiger partial charge in [-0.15, -0.1) is 20.4 Å². The maximum Gasteiger partial charge on any atom is 0.363 e. The molecule has 0 aliphatic rings. The number of anilines is 1. The number of hydrogen-bond donors (Lipinski definition) is 7. The molecule has 8 N–H and O–H groups in total. The van der Waals surface area contributed by atoms with E-state index < -0.39 is 30.7 Å². The number of aromatic amines is 4. The van der Waals surface area contributed by atoms with Crippen LogP contribution in [0.5, 0.6) is 0 Å². The number of nitrogens with two attached hydrogens (primary N) is 1. The molecule has 0 bridgehead atoms. The zero-order chi connectivity index (χ0) is 82.6. The fraction of sp³-hybridized carbons (Fsp3) is 0.312. The Hall–Kier alpha value is -11.1. The number of nitrogens with one attached hydrogen (secondary N) is 6. The lowest BCUT2D eigenvalue weighted by atomic mass is 10.2. The van der Waals surface area contributed by atoms with Crippen LogP contribution in [-0.4, -0.2) is 167 Å². The van der Waals surface area contributed by atoms with Crippen LogP contribution in [0.2, 0.25) is 0 Å². The molecule has 6 aromatic carbocycles. The summed E-state index contributed by atoms with van der Waals surface area (Å²) in [6.07, 6.45) is 0.973. The average Bonchev–Trinajstić information content (AvgIpc) is 1.67. The molecule has 1 amide bonds. The minimum atomic E-state index is -0.880. The first-order valence-corrected chi connectivity index (χ1v) is 39.7. The Labute approximate surface area is 684 Å². The quantitative estimate of drug-likeness (QED) is 0.00310. The number of thioether (sulfide) groups is 2. The lowest BCUT2D eigenvalue weighted by Crippen LogP contribution is -2.42. The molecule has 606 valence electrons. The topological polar surface area (TPSA) is 382 Å². The predicted octanol–water partition coefficient (Wildman–Crippen LogP) is 14.3. The molecule has 0 saturated carbocycles. The summed E-state index contributed by atoms with van der Waals surface area (Å²) in [5.41, 5.74) is 15.4. The van der Waals surface area contributed by atoms with Gasteiger partial charge in [0.2, 0.25) is 18.4 Å². The van der Waals surface area contributed by atoms with Crippen molar-refractivity contribution >= 4 is 100 Å². The highest BCUT2D eigenvalue weighted by molar-refractivity contribution is 7.98. The molecule has 115 heavy (non-hydrogen) atoms. The Bertz CT molecular complexity index is 5170. The van der Waals surface area contributed by atoms with Crippen molar-refractivity contribution in [2.45, 2.75) is 130 Å². The van der Waals surface area contributed by atoms with E-state index in [0.29, 0.717) is 91.1 Å². The molecule has 13 aromatic rings. The van der Waals surface area contributed by atoms with E-state index in [9.17, 15) is 19.2 Å². The molecular formula is C80H96N20O11S4. The van der Waals surface area contributed by atoms with E-state index in [1.807, 2.05) is 191 Å². The number of hydrogen-bond acceptors (Lipinski definition) is 26. The molecule has 0 aliphatic carbocycles. The van der Waals surface area contributed by atoms with Crippen LogP contribution in [0.25, 0.3) is 44.8 Å². The summed E-state index contributed by atoms with van der Waals surface area (Å²) in [4.78, 5) is 64.3. The summed E-state index contributed by atoms with van der Waals surface area (Å²) < 4.78 is 44.0. The first kappa shape index (κ1) is 89.5. The van der Waals surface area contributed by atoms with Gasteiger partial charge in [-0.25, -0.2) is 25.6 Å². The zero-order valence-corrected chi connectivity index (χ0v) is 69.3. The van der Waals surface area contributed by atoms with E-state index in [1.165, 1.54) is 22.9 Å². The van der Waals surface area contributed by atoms with Crippen LogP contribution in [0.15, 0.2) is 174 Å². The smallest absolute Gasteiger partial charge is 0.363 e. The predicted molar refractivity (Wildman–Crippen MR) is 447 cm³/mol. The third-order valence-corrected chi connectivity index (χ3v) is 18.4. The molecule has 0 atom stereocenters. The number of carbonyl (C=O) groups is 4. The van der Waals surface area contributed by atoms with Gasteiger partial charge < -0.3 is 48.4 Å². The van der Waals surface area contributed by atoms with Crippen molar-refractivity contribution in [1.29, 1.82) is 0 Å². The SMILES string of the molecule is CCOC(=O)C(OCC)OCC.CCOC(OCC)C(=O)NN.CCOC(OCC)c1n[nH]c(=S)n1-c1ccc(C)cc1.Cc1ccc(-n2c(C=O)n[nH]c2=S)cc1.Cc1ccc(-n2c(C=O)nnc2SCc2nc3ccccc3[nH]2)cc1.Cc1ccc(-n2c(CNc3ccc(C)cn3)nnc2SCc2nc3ccccc3[nH]2)cc1.